The van der Waals surface area contributed by atoms with Crippen LogP contribution < -0.4 is 4.57 Å². The molecule has 1 aromatic rings. The Morgan fingerprint density at radius 1 is 1.75 bits per heavy atom. The summed E-state index contributed by atoms with van der Waals surface area (Å²) in [5.41, 5.74) is 0.0597. The van der Waals surface area contributed by atoms with Gasteiger partial charge in [-0.3, -0.25) is 0 Å². The summed E-state index contributed by atoms with van der Waals surface area (Å²) in [5, 5.41) is 17.3. The van der Waals surface area contributed by atoms with Gasteiger partial charge in [0, 0.05) is 6.42 Å². The Morgan fingerprint density at radius 3 is 3.00 bits per heavy atom. The van der Waals surface area contributed by atoms with E-state index in [1.165, 1.54) is 0 Å². The molecule has 0 unspecified atom stereocenters. The van der Waals surface area contributed by atoms with Crippen molar-refractivity contribution in [2.75, 3.05) is 0 Å². The van der Waals surface area contributed by atoms with Crippen LogP contribution in [0.3, 0.4) is 0 Å². The van der Waals surface area contributed by atoms with E-state index >= 15 is 0 Å². The summed E-state index contributed by atoms with van der Waals surface area (Å²) in [5.74, 6) is -0.471. The number of hydrogen-bond donors (Lipinski definition) is 1. The molecule has 0 fully saturated rings. The summed E-state index contributed by atoms with van der Waals surface area (Å²) < 4.78 is 3.51. The average Bonchev–Trinajstić information content (AvgIpc) is 2.59. The van der Waals surface area contributed by atoms with E-state index in [0.29, 0.717) is 25.2 Å². The molecule has 84 valence electrons. The maximum atomic E-state index is 10.9. The molecule has 1 N–H and O–H groups in total. The third kappa shape index (κ3) is 2.48. The van der Waals surface area contributed by atoms with E-state index in [0.717, 1.165) is 0 Å². The molecule has 1 heterocycles. The van der Waals surface area contributed by atoms with Crippen molar-refractivity contribution in [3.63, 3.8) is 0 Å². The van der Waals surface area contributed by atoms with Gasteiger partial charge in [-0.2, -0.15) is 5.26 Å². The van der Waals surface area contributed by atoms with Crippen LogP contribution in [-0.4, -0.2) is 15.6 Å². The summed E-state index contributed by atoms with van der Waals surface area (Å²) >= 11 is 0. The minimum absolute atomic E-state index is 0.0597. The van der Waals surface area contributed by atoms with Crippen molar-refractivity contribution in [3.05, 3.63) is 24.8 Å². The lowest BCUT2D eigenvalue weighted by Gasteiger charge is -2.01. The van der Waals surface area contributed by atoms with Gasteiger partial charge in [0.05, 0.1) is 19.7 Å². The number of nitrogens with zero attached hydrogens (tertiary/aromatic N) is 3. The number of aryl methyl sites for hydroxylation is 2. The number of aliphatic carboxylic acids is 1. The van der Waals surface area contributed by atoms with Crippen molar-refractivity contribution in [2.45, 2.75) is 19.4 Å². The molecule has 0 saturated carbocycles. The highest BCUT2D eigenvalue weighted by Crippen LogP contribution is 2.09. The Hall–Kier alpha value is -2.09. The molecule has 0 amide bonds. The first kappa shape index (κ1) is 12.0. The zero-order valence-corrected chi connectivity index (χ0v) is 9.18. The fraction of sp³-hybridized carbons (Fsp3) is 0.364. The van der Waals surface area contributed by atoms with E-state index in [-0.39, 0.29) is 5.57 Å². The van der Waals surface area contributed by atoms with Crippen molar-refractivity contribution in [1.29, 1.82) is 5.26 Å². The van der Waals surface area contributed by atoms with Gasteiger partial charge in [0.15, 0.2) is 0 Å². The molecule has 1 aromatic heterocycles. The minimum atomic E-state index is -1.03. The average molecular weight is 220 g/mol. The molecule has 5 nitrogen and oxygen atoms in total. The maximum Gasteiger partial charge on any atom is 0.343 e. The molecule has 0 aliphatic heterocycles. The molecule has 16 heavy (non-hydrogen) atoms. The first-order chi connectivity index (χ1) is 7.57. The molecule has 0 spiro atoms. The number of nitriles is 1. The Kier molecular flexibility index (Phi) is 3.84. The largest absolute Gasteiger partial charge is 0.477 e. The second kappa shape index (κ2) is 5.12. The minimum Gasteiger partial charge on any atom is -0.477 e. The van der Waals surface area contributed by atoms with Gasteiger partial charge in [-0.15, -0.1) is 0 Å². The lowest BCUT2D eigenvalue weighted by Crippen LogP contribution is -2.33. The van der Waals surface area contributed by atoms with Crippen LogP contribution in [-0.2, 0) is 18.4 Å². The zero-order chi connectivity index (χ0) is 12.1. The molecule has 0 bridgehead atoms. The summed E-state index contributed by atoms with van der Waals surface area (Å²) in [7, 11) is 1.77. The molecule has 0 atom stereocenters. The van der Waals surface area contributed by atoms with Gasteiger partial charge in [0.25, 0.3) is 5.82 Å². The number of unbranched alkanes of at least 4 members (excludes halogenated alkanes) is 1. The summed E-state index contributed by atoms with van der Waals surface area (Å²) in [6.45, 7) is 4.16. The lowest BCUT2D eigenvalue weighted by atomic mass is 10.2. The zero-order valence-electron chi connectivity index (χ0n) is 9.18. The summed E-state index contributed by atoms with van der Waals surface area (Å²) in [4.78, 5) is 10.9. The third-order valence-electron chi connectivity index (χ3n) is 2.29. The van der Waals surface area contributed by atoms with E-state index in [9.17, 15) is 4.79 Å². The van der Waals surface area contributed by atoms with Crippen LogP contribution in [0.4, 0.5) is 0 Å². The van der Waals surface area contributed by atoms with Crippen LogP contribution in [0.15, 0.2) is 19.0 Å². The molecule has 0 aromatic carbocycles. The van der Waals surface area contributed by atoms with Crippen LogP contribution in [0.5, 0.6) is 0 Å². The summed E-state index contributed by atoms with van der Waals surface area (Å²) in [6, 6.07) is 2.06. The number of aromatic nitrogens is 2. The maximum absolute atomic E-state index is 10.9. The van der Waals surface area contributed by atoms with E-state index in [1.54, 1.807) is 28.6 Å². The molecule has 1 rings (SSSR count). The first-order valence-corrected chi connectivity index (χ1v) is 4.92. The van der Waals surface area contributed by atoms with Crippen molar-refractivity contribution in [3.8, 4) is 6.07 Å². The molecule has 0 aliphatic rings. The predicted molar refractivity (Wildman–Crippen MR) is 57.1 cm³/mol. The number of carbonyl (C=O) groups is 1. The number of carboxylic acids is 1. The lowest BCUT2D eigenvalue weighted by molar-refractivity contribution is -0.673. The molecular weight excluding hydrogens is 206 g/mol. The number of hydrogen-bond acceptors (Lipinski definition) is 2. The Balaban J connectivity index is 2.90. The Morgan fingerprint density at radius 2 is 2.44 bits per heavy atom. The quantitative estimate of drug-likeness (QED) is 0.451. The van der Waals surface area contributed by atoms with Crippen molar-refractivity contribution < 1.29 is 14.5 Å². The Labute approximate surface area is 93.9 Å². The van der Waals surface area contributed by atoms with Crippen LogP contribution >= 0.6 is 0 Å². The second-order valence-corrected chi connectivity index (χ2v) is 3.47. The summed E-state index contributed by atoms with van der Waals surface area (Å²) in [6.07, 6.45) is 4.72. The van der Waals surface area contributed by atoms with E-state index in [1.807, 2.05) is 0 Å². The van der Waals surface area contributed by atoms with E-state index in [2.05, 4.69) is 12.6 Å². The molecule has 0 aliphatic carbocycles. The van der Waals surface area contributed by atoms with Gasteiger partial charge in [0.1, 0.15) is 18.0 Å². The van der Waals surface area contributed by atoms with Gasteiger partial charge >= 0.3 is 5.97 Å². The van der Waals surface area contributed by atoms with Crippen LogP contribution in [0, 0.1) is 11.3 Å². The predicted octanol–water partition coefficient (Wildman–Crippen LogP) is 0.714. The highest BCUT2D eigenvalue weighted by Gasteiger charge is 2.22. The normalized spacial score (nSPS) is 9.75. The van der Waals surface area contributed by atoms with Crippen LogP contribution in [0.25, 0.3) is 5.57 Å². The Bertz CT molecular complexity index is 454. The van der Waals surface area contributed by atoms with Crippen LogP contribution in [0.1, 0.15) is 18.7 Å². The third-order valence-corrected chi connectivity index (χ3v) is 2.29. The van der Waals surface area contributed by atoms with Gasteiger partial charge < -0.3 is 5.11 Å². The van der Waals surface area contributed by atoms with Crippen LogP contribution in [0.2, 0.25) is 0 Å². The van der Waals surface area contributed by atoms with E-state index < -0.39 is 5.97 Å². The fourth-order valence-corrected chi connectivity index (χ4v) is 1.52. The smallest absolute Gasteiger partial charge is 0.343 e. The molecular formula is C11H14N3O2+. The van der Waals surface area contributed by atoms with Gasteiger partial charge in [0.2, 0.25) is 0 Å². The van der Waals surface area contributed by atoms with Crippen molar-refractivity contribution in [2.24, 2.45) is 7.05 Å². The molecule has 0 saturated heterocycles. The second-order valence-electron chi connectivity index (χ2n) is 3.47. The number of rotatable bonds is 5. The number of imidazole rings is 1. The highest BCUT2D eigenvalue weighted by atomic mass is 16.4. The van der Waals surface area contributed by atoms with Crippen molar-refractivity contribution in [1.82, 2.24) is 4.57 Å². The van der Waals surface area contributed by atoms with Gasteiger partial charge in [-0.25, -0.2) is 13.9 Å². The monoisotopic (exact) mass is 220 g/mol. The van der Waals surface area contributed by atoms with Gasteiger partial charge in [-0.1, -0.05) is 6.58 Å². The highest BCUT2D eigenvalue weighted by molar-refractivity contribution is 6.12. The van der Waals surface area contributed by atoms with Crippen molar-refractivity contribution >= 4 is 11.5 Å². The SMILES string of the molecule is C=C(C(=O)O)c1n(CCCC#N)cc[n+]1C. The molecule has 5 heteroatoms. The number of carboxylic acid groups (broad SMARTS) is 1. The standard InChI is InChI=1S/C11H13N3O2/c1-9(11(15)16)10-13(2)7-8-14(10)6-4-3-5-12/h7-8H,1,3-4,6H2,2H3/p+1. The molecule has 0 radical (unpaired) electrons. The first-order valence-electron chi connectivity index (χ1n) is 4.92. The van der Waals surface area contributed by atoms with E-state index in [4.69, 9.17) is 10.4 Å². The van der Waals surface area contributed by atoms with Gasteiger partial charge in [-0.05, 0) is 6.42 Å². The fourth-order valence-electron chi connectivity index (χ4n) is 1.52. The topological polar surface area (TPSA) is 69.9 Å².